The fourth-order valence-electron chi connectivity index (χ4n) is 10.4. The Kier molecular flexibility index (Phi) is 61.4. The van der Waals surface area contributed by atoms with Crippen LogP contribution in [0.1, 0.15) is 367 Å². The fourth-order valence-corrected chi connectivity index (χ4v) is 10.4. The van der Waals surface area contributed by atoms with Gasteiger partial charge < -0.3 is 20.3 Å². The molecule has 0 rings (SSSR count). The minimum Gasteiger partial charge on any atom is -0.466 e. The lowest BCUT2D eigenvalue weighted by molar-refractivity contribution is -0.143. The molecule has 0 aliphatic rings. The van der Waals surface area contributed by atoms with Crippen LogP contribution in [0.2, 0.25) is 0 Å². The molecule has 0 spiro atoms. The van der Waals surface area contributed by atoms with Crippen LogP contribution < -0.4 is 5.32 Å². The number of rotatable bonds is 62. The molecular weight excluding hydrogens is 899 g/mol. The van der Waals surface area contributed by atoms with Crippen molar-refractivity contribution in [3.05, 3.63) is 24.3 Å². The summed E-state index contributed by atoms with van der Waals surface area (Å²) in [5.74, 6) is -0.0631. The first-order valence-corrected chi connectivity index (χ1v) is 33.1. The highest BCUT2D eigenvalue weighted by atomic mass is 16.5. The predicted molar refractivity (Wildman–Crippen MR) is 320 cm³/mol. The van der Waals surface area contributed by atoms with Crippen molar-refractivity contribution in [2.24, 2.45) is 0 Å². The molecule has 2 unspecified atom stereocenters. The lowest BCUT2D eigenvalue weighted by Gasteiger charge is -2.20. The first kappa shape index (κ1) is 71.3. The SMILES string of the molecule is CCCCCCCCCCCCCCCCC/C=C/C(O)C(CO)NC(=O)CCCCCCCCC/C=C\CCCCCCCCCCCOC(=O)CCCCCCCCCCCCCCCCCCCCC. The van der Waals surface area contributed by atoms with Crippen molar-refractivity contribution in [1.29, 1.82) is 0 Å². The Morgan fingerprint density at radius 2 is 0.644 bits per heavy atom. The van der Waals surface area contributed by atoms with Gasteiger partial charge in [-0.25, -0.2) is 0 Å². The summed E-state index contributed by atoms with van der Waals surface area (Å²) < 4.78 is 5.50. The molecule has 3 N–H and O–H groups in total. The van der Waals surface area contributed by atoms with E-state index in [1.165, 1.54) is 295 Å². The standard InChI is InChI=1S/C67H129NO5/c1-3-5-7-9-11-13-15-17-19-21-24-29-33-37-41-45-49-53-57-61-67(72)73-62-58-54-50-46-42-38-34-30-26-23-22-25-28-32-36-40-44-48-52-56-60-66(71)68-64(63-69)65(70)59-55-51-47-43-39-35-31-27-20-18-16-14-12-10-8-6-4-2/h22,25,55,59,64-65,69-70H,3-21,23-24,26-54,56-58,60-63H2,1-2H3,(H,68,71)/b25-22-,59-55+. The van der Waals surface area contributed by atoms with Gasteiger partial charge in [0.25, 0.3) is 0 Å². The maximum absolute atomic E-state index is 12.5. The van der Waals surface area contributed by atoms with E-state index in [4.69, 9.17) is 4.74 Å². The molecule has 1 amide bonds. The minimum atomic E-state index is -0.850. The van der Waals surface area contributed by atoms with E-state index >= 15 is 0 Å². The number of hydrogen-bond acceptors (Lipinski definition) is 5. The third-order valence-corrected chi connectivity index (χ3v) is 15.5. The van der Waals surface area contributed by atoms with Gasteiger partial charge in [-0.3, -0.25) is 9.59 Å². The van der Waals surface area contributed by atoms with Gasteiger partial charge in [-0.15, -0.1) is 0 Å². The third kappa shape index (κ3) is 59.4. The smallest absolute Gasteiger partial charge is 0.305 e. The largest absolute Gasteiger partial charge is 0.466 e. The number of ether oxygens (including phenoxy) is 1. The number of esters is 1. The number of hydrogen-bond donors (Lipinski definition) is 3. The molecule has 0 aromatic carbocycles. The molecule has 0 saturated heterocycles. The zero-order chi connectivity index (χ0) is 52.9. The Labute approximate surface area is 456 Å². The summed E-state index contributed by atoms with van der Waals surface area (Å²) in [5, 5.41) is 23.2. The van der Waals surface area contributed by atoms with E-state index < -0.39 is 12.1 Å². The van der Waals surface area contributed by atoms with Crippen LogP contribution in [0, 0.1) is 0 Å². The highest BCUT2D eigenvalue weighted by molar-refractivity contribution is 5.76. The second kappa shape index (κ2) is 62.9. The maximum atomic E-state index is 12.5. The summed E-state index contributed by atoms with van der Waals surface area (Å²) in [7, 11) is 0. The van der Waals surface area contributed by atoms with Crippen LogP contribution in [-0.4, -0.2) is 47.4 Å². The lowest BCUT2D eigenvalue weighted by atomic mass is 10.0. The number of amides is 1. The van der Waals surface area contributed by atoms with Crippen molar-refractivity contribution in [3.63, 3.8) is 0 Å². The van der Waals surface area contributed by atoms with Crippen LogP contribution in [0.15, 0.2) is 24.3 Å². The molecule has 0 saturated carbocycles. The highest BCUT2D eigenvalue weighted by Gasteiger charge is 2.18. The molecule has 73 heavy (non-hydrogen) atoms. The number of aliphatic hydroxyl groups excluding tert-OH is 2. The summed E-state index contributed by atoms with van der Waals surface area (Å²) in [6.45, 7) is 4.93. The van der Waals surface area contributed by atoms with Crippen LogP contribution >= 0.6 is 0 Å². The molecule has 0 aromatic rings. The molecular formula is C67H129NO5. The average Bonchev–Trinajstić information content (AvgIpc) is 3.39. The van der Waals surface area contributed by atoms with Crippen molar-refractivity contribution in [2.45, 2.75) is 379 Å². The van der Waals surface area contributed by atoms with Crippen LogP contribution in [0.5, 0.6) is 0 Å². The van der Waals surface area contributed by atoms with Gasteiger partial charge in [-0.05, 0) is 57.8 Å². The normalized spacial score (nSPS) is 12.7. The van der Waals surface area contributed by atoms with E-state index in [9.17, 15) is 19.8 Å². The van der Waals surface area contributed by atoms with E-state index in [0.29, 0.717) is 19.4 Å². The average molecular weight is 1030 g/mol. The number of nitrogens with one attached hydrogen (secondary N) is 1. The molecule has 0 aliphatic heterocycles. The lowest BCUT2D eigenvalue weighted by Crippen LogP contribution is -2.45. The van der Waals surface area contributed by atoms with Gasteiger partial charge in [0.1, 0.15) is 0 Å². The Morgan fingerprint density at radius 1 is 0.370 bits per heavy atom. The summed E-state index contributed by atoms with van der Waals surface area (Å²) in [6.07, 6.45) is 78.0. The van der Waals surface area contributed by atoms with Gasteiger partial charge in [0.05, 0.1) is 25.4 Å². The van der Waals surface area contributed by atoms with Crippen LogP contribution in [-0.2, 0) is 14.3 Å². The molecule has 6 heteroatoms. The molecule has 0 radical (unpaired) electrons. The number of aliphatic hydroxyl groups is 2. The molecule has 432 valence electrons. The van der Waals surface area contributed by atoms with Crippen molar-refractivity contribution in [1.82, 2.24) is 5.32 Å². The van der Waals surface area contributed by atoms with E-state index in [-0.39, 0.29) is 18.5 Å². The van der Waals surface area contributed by atoms with Gasteiger partial charge in [0.15, 0.2) is 0 Å². The predicted octanol–water partition coefficient (Wildman–Crippen LogP) is 21.0. The monoisotopic (exact) mass is 1030 g/mol. The van der Waals surface area contributed by atoms with Gasteiger partial charge in [-0.1, -0.05) is 321 Å². The van der Waals surface area contributed by atoms with Crippen LogP contribution in [0.4, 0.5) is 0 Å². The summed E-state index contributed by atoms with van der Waals surface area (Å²) in [6, 6.07) is -0.634. The Balaban J connectivity index is 3.42. The van der Waals surface area contributed by atoms with E-state index in [0.717, 1.165) is 44.9 Å². The van der Waals surface area contributed by atoms with Gasteiger partial charge in [-0.2, -0.15) is 0 Å². The van der Waals surface area contributed by atoms with Crippen molar-refractivity contribution >= 4 is 11.9 Å². The maximum Gasteiger partial charge on any atom is 0.305 e. The van der Waals surface area contributed by atoms with Gasteiger partial charge in [0, 0.05) is 12.8 Å². The zero-order valence-corrected chi connectivity index (χ0v) is 49.4. The molecule has 0 bridgehead atoms. The molecule has 0 fully saturated rings. The van der Waals surface area contributed by atoms with Gasteiger partial charge in [0.2, 0.25) is 5.91 Å². The van der Waals surface area contributed by atoms with Crippen molar-refractivity contribution < 1.29 is 24.5 Å². The number of carbonyl (C=O) groups is 2. The van der Waals surface area contributed by atoms with E-state index in [2.05, 4.69) is 31.3 Å². The fraction of sp³-hybridized carbons (Fsp3) is 0.910. The molecule has 0 aliphatic carbocycles. The zero-order valence-electron chi connectivity index (χ0n) is 49.4. The quantitative estimate of drug-likeness (QED) is 0.0320. The molecule has 0 aromatic heterocycles. The second-order valence-electron chi connectivity index (χ2n) is 22.8. The van der Waals surface area contributed by atoms with Gasteiger partial charge >= 0.3 is 5.97 Å². The van der Waals surface area contributed by atoms with Crippen LogP contribution in [0.3, 0.4) is 0 Å². The first-order valence-electron chi connectivity index (χ1n) is 33.1. The molecule has 6 nitrogen and oxygen atoms in total. The molecule has 0 heterocycles. The van der Waals surface area contributed by atoms with Crippen LogP contribution in [0.25, 0.3) is 0 Å². The Morgan fingerprint density at radius 3 is 0.973 bits per heavy atom. The topological polar surface area (TPSA) is 95.9 Å². The third-order valence-electron chi connectivity index (χ3n) is 15.5. The second-order valence-corrected chi connectivity index (χ2v) is 22.8. The number of allylic oxidation sites excluding steroid dienone is 3. The highest BCUT2D eigenvalue weighted by Crippen LogP contribution is 2.18. The summed E-state index contributed by atoms with van der Waals surface area (Å²) in [4.78, 5) is 24.6. The minimum absolute atomic E-state index is 0.0109. The number of unbranched alkanes of at least 4 members (excludes halogenated alkanes) is 49. The van der Waals surface area contributed by atoms with Crippen molar-refractivity contribution in [3.8, 4) is 0 Å². The van der Waals surface area contributed by atoms with E-state index in [1.54, 1.807) is 6.08 Å². The van der Waals surface area contributed by atoms with Crippen molar-refractivity contribution in [2.75, 3.05) is 13.2 Å². The summed E-state index contributed by atoms with van der Waals surface area (Å²) >= 11 is 0. The Bertz CT molecular complexity index is 1140. The first-order chi connectivity index (χ1) is 36.0. The van der Waals surface area contributed by atoms with E-state index in [1.807, 2.05) is 6.08 Å². The number of carbonyl (C=O) groups excluding carboxylic acids is 2. The summed E-state index contributed by atoms with van der Waals surface area (Å²) in [5.41, 5.74) is 0. The Hall–Kier alpha value is -1.66. The molecule has 2 atom stereocenters.